The number of aliphatic hydroxyl groups is 1. The highest BCUT2D eigenvalue weighted by Crippen LogP contribution is 2.27. The van der Waals surface area contributed by atoms with E-state index in [4.69, 9.17) is 23.7 Å². The SMILES string of the molecule is CC(=O)N[C@H]1[C@@H](OCc2ccccc2)O[C@H](COCc2ccccc2)[C@@H](O)[C@@H]1O[C@H](C)C(=O)OCc1ccccc1. The van der Waals surface area contributed by atoms with Gasteiger partial charge in [0.05, 0.1) is 19.8 Å². The number of hydrogen-bond donors (Lipinski definition) is 2. The van der Waals surface area contributed by atoms with E-state index in [1.807, 2.05) is 91.0 Å². The summed E-state index contributed by atoms with van der Waals surface area (Å²) in [7, 11) is 0. The third kappa shape index (κ3) is 9.21. The van der Waals surface area contributed by atoms with Crippen LogP contribution in [0.2, 0.25) is 0 Å². The van der Waals surface area contributed by atoms with Gasteiger partial charge in [0, 0.05) is 6.92 Å². The molecule has 1 aliphatic heterocycles. The van der Waals surface area contributed by atoms with Gasteiger partial charge < -0.3 is 34.1 Å². The Bertz CT molecular complexity index is 1210. The zero-order valence-corrected chi connectivity index (χ0v) is 23.3. The van der Waals surface area contributed by atoms with Crippen LogP contribution >= 0.6 is 0 Å². The van der Waals surface area contributed by atoms with Crippen molar-refractivity contribution in [1.82, 2.24) is 5.32 Å². The summed E-state index contributed by atoms with van der Waals surface area (Å²) in [5.41, 5.74) is 2.70. The minimum Gasteiger partial charge on any atom is -0.459 e. The number of esters is 1. The molecule has 1 fully saturated rings. The average Bonchev–Trinajstić information content (AvgIpc) is 2.99. The van der Waals surface area contributed by atoms with Gasteiger partial charge in [-0.3, -0.25) is 4.79 Å². The maximum absolute atomic E-state index is 12.8. The summed E-state index contributed by atoms with van der Waals surface area (Å²) in [6, 6.07) is 27.5. The Morgan fingerprint density at radius 2 is 1.39 bits per heavy atom. The van der Waals surface area contributed by atoms with Crippen LogP contribution in [0.3, 0.4) is 0 Å². The molecule has 0 bridgehead atoms. The summed E-state index contributed by atoms with van der Waals surface area (Å²) in [5, 5.41) is 14.1. The van der Waals surface area contributed by atoms with Crippen LogP contribution in [0.4, 0.5) is 0 Å². The molecule has 3 aromatic carbocycles. The van der Waals surface area contributed by atoms with Gasteiger partial charge in [-0.15, -0.1) is 0 Å². The van der Waals surface area contributed by atoms with Crippen LogP contribution < -0.4 is 5.32 Å². The van der Waals surface area contributed by atoms with Gasteiger partial charge in [0.15, 0.2) is 12.4 Å². The van der Waals surface area contributed by atoms with Gasteiger partial charge in [-0.2, -0.15) is 0 Å². The number of amides is 1. The zero-order valence-electron chi connectivity index (χ0n) is 23.3. The highest BCUT2D eigenvalue weighted by Gasteiger charge is 2.48. The fourth-order valence-electron chi connectivity index (χ4n) is 4.50. The van der Waals surface area contributed by atoms with E-state index in [-0.39, 0.29) is 25.7 Å². The molecule has 9 nitrogen and oxygen atoms in total. The third-order valence-electron chi connectivity index (χ3n) is 6.61. The Balaban J connectivity index is 1.48. The maximum Gasteiger partial charge on any atom is 0.335 e. The molecule has 0 spiro atoms. The highest BCUT2D eigenvalue weighted by atomic mass is 16.7. The van der Waals surface area contributed by atoms with Crippen molar-refractivity contribution >= 4 is 11.9 Å². The number of carbonyl (C=O) groups is 2. The van der Waals surface area contributed by atoms with Gasteiger partial charge in [0.2, 0.25) is 5.91 Å². The van der Waals surface area contributed by atoms with E-state index >= 15 is 0 Å². The maximum atomic E-state index is 12.8. The number of benzene rings is 3. The van der Waals surface area contributed by atoms with Crippen LogP contribution in [0.1, 0.15) is 30.5 Å². The Labute approximate surface area is 240 Å². The highest BCUT2D eigenvalue weighted by molar-refractivity contribution is 5.74. The summed E-state index contributed by atoms with van der Waals surface area (Å²) in [5.74, 6) is -0.974. The lowest BCUT2D eigenvalue weighted by atomic mass is 9.96. The summed E-state index contributed by atoms with van der Waals surface area (Å²) >= 11 is 0. The standard InChI is InChI=1S/C32H37NO8/c1-22(31(36)38-19-25-14-8-4-9-15-25)40-30-28(33-23(2)34)32(39-20-26-16-10-5-11-17-26)41-27(29(30)35)21-37-18-24-12-6-3-7-13-24/h3-17,22,27-30,32,35H,18-21H2,1-2H3,(H,33,34)/t22-,27-,28-,29-,30-,32+/m1/s1. The number of aliphatic hydroxyl groups excluding tert-OH is 1. The minimum absolute atomic E-state index is 0.0285. The number of nitrogens with one attached hydrogen (secondary N) is 1. The molecule has 0 aliphatic carbocycles. The van der Waals surface area contributed by atoms with Gasteiger partial charge in [0.1, 0.15) is 31.0 Å². The van der Waals surface area contributed by atoms with Crippen molar-refractivity contribution in [1.29, 1.82) is 0 Å². The van der Waals surface area contributed by atoms with Crippen molar-refractivity contribution in [3.8, 4) is 0 Å². The molecule has 218 valence electrons. The monoisotopic (exact) mass is 563 g/mol. The van der Waals surface area contributed by atoms with Crippen LogP contribution in [0.25, 0.3) is 0 Å². The molecule has 1 saturated heterocycles. The fourth-order valence-corrected chi connectivity index (χ4v) is 4.50. The van der Waals surface area contributed by atoms with E-state index in [1.54, 1.807) is 6.92 Å². The van der Waals surface area contributed by atoms with Crippen LogP contribution in [-0.4, -0.2) is 60.3 Å². The van der Waals surface area contributed by atoms with E-state index < -0.39 is 42.7 Å². The van der Waals surface area contributed by atoms with Crippen molar-refractivity contribution in [2.24, 2.45) is 0 Å². The van der Waals surface area contributed by atoms with E-state index in [1.165, 1.54) is 6.92 Å². The molecular formula is C32H37NO8. The third-order valence-corrected chi connectivity index (χ3v) is 6.61. The lowest BCUT2D eigenvalue weighted by Gasteiger charge is -2.45. The van der Waals surface area contributed by atoms with Crippen LogP contribution in [0.15, 0.2) is 91.0 Å². The number of ether oxygens (including phenoxy) is 5. The number of rotatable bonds is 13. The Morgan fingerprint density at radius 1 is 0.854 bits per heavy atom. The number of carbonyl (C=O) groups excluding carboxylic acids is 2. The molecule has 1 aliphatic rings. The molecule has 1 amide bonds. The molecule has 2 N–H and O–H groups in total. The van der Waals surface area contributed by atoms with E-state index in [2.05, 4.69) is 5.32 Å². The van der Waals surface area contributed by atoms with Crippen molar-refractivity contribution in [2.75, 3.05) is 6.61 Å². The van der Waals surface area contributed by atoms with Crippen LogP contribution in [0, 0.1) is 0 Å². The second kappa shape index (κ2) is 15.4. The first-order valence-electron chi connectivity index (χ1n) is 13.6. The predicted octanol–water partition coefficient (Wildman–Crippen LogP) is 3.53. The second-order valence-electron chi connectivity index (χ2n) is 9.89. The zero-order chi connectivity index (χ0) is 29.0. The van der Waals surface area contributed by atoms with Gasteiger partial charge in [0.25, 0.3) is 0 Å². The van der Waals surface area contributed by atoms with Gasteiger partial charge in [-0.25, -0.2) is 4.79 Å². The summed E-state index contributed by atoms with van der Waals surface area (Å²) in [6.45, 7) is 3.51. The van der Waals surface area contributed by atoms with E-state index in [0.717, 1.165) is 16.7 Å². The van der Waals surface area contributed by atoms with Gasteiger partial charge >= 0.3 is 5.97 Å². The first-order chi connectivity index (χ1) is 19.9. The molecule has 41 heavy (non-hydrogen) atoms. The lowest BCUT2D eigenvalue weighted by molar-refractivity contribution is -0.287. The average molecular weight is 564 g/mol. The van der Waals surface area contributed by atoms with Crippen molar-refractivity contribution in [3.05, 3.63) is 108 Å². The normalized spacial score (nSPS) is 23.0. The molecule has 0 radical (unpaired) electrons. The Kier molecular flexibility index (Phi) is 11.4. The molecule has 1 heterocycles. The molecular weight excluding hydrogens is 526 g/mol. The predicted molar refractivity (Wildman–Crippen MR) is 150 cm³/mol. The van der Waals surface area contributed by atoms with Crippen molar-refractivity contribution in [2.45, 2.75) is 70.4 Å². The van der Waals surface area contributed by atoms with Crippen molar-refractivity contribution < 1.29 is 38.4 Å². The van der Waals surface area contributed by atoms with Crippen LogP contribution in [-0.2, 0) is 53.1 Å². The molecule has 9 heteroatoms. The van der Waals surface area contributed by atoms with Crippen molar-refractivity contribution in [3.63, 3.8) is 0 Å². The van der Waals surface area contributed by atoms with E-state index in [0.29, 0.717) is 6.61 Å². The molecule has 3 aromatic rings. The Morgan fingerprint density at radius 3 is 1.95 bits per heavy atom. The molecule has 0 saturated carbocycles. The fraction of sp³-hybridized carbons (Fsp3) is 0.375. The molecule has 0 unspecified atom stereocenters. The van der Waals surface area contributed by atoms with E-state index in [9.17, 15) is 14.7 Å². The summed E-state index contributed by atoms with van der Waals surface area (Å²) < 4.78 is 29.6. The molecule has 4 rings (SSSR count). The quantitative estimate of drug-likeness (QED) is 0.304. The van der Waals surface area contributed by atoms with Gasteiger partial charge in [-0.05, 0) is 23.6 Å². The first-order valence-corrected chi connectivity index (χ1v) is 13.6. The number of hydrogen-bond acceptors (Lipinski definition) is 8. The second-order valence-corrected chi connectivity index (χ2v) is 9.89. The Hall–Kier alpha value is -3.60. The summed E-state index contributed by atoms with van der Waals surface area (Å²) in [6.07, 6.45) is -5.21. The lowest BCUT2D eigenvalue weighted by Crippen LogP contribution is -2.66. The topological polar surface area (TPSA) is 113 Å². The smallest absolute Gasteiger partial charge is 0.335 e. The summed E-state index contributed by atoms with van der Waals surface area (Å²) in [4.78, 5) is 25.0. The van der Waals surface area contributed by atoms with Gasteiger partial charge in [-0.1, -0.05) is 91.0 Å². The first kappa shape index (κ1) is 30.4. The molecule has 0 aromatic heterocycles. The molecule has 6 atom stereocenters. The minimum atomic E-state index is -1.25. The van der Waals surface area contributed by atoms with Crippen LogP contribution in [0.5, 0.6) is 0 Å². The largest absolute Gasteiger partial charge is 0.459 e.